The van der Waals surface area contributed by atoms with Crippen molar-refractivity contribution in [1.82, 2.24) is 10.3 Å². The molecule has 1 aromatic heterocycles. The molecule has 2 rings (SSSR count). The summed E-state index contributed by atoms with van der Waals surface area (Å²) in [6, 6.07) is 2.38. The molecule has 110 valence electrons. The lowest BCUT2D eigenvalue weighted by Crippen LogP contribution is -2.22. The topological polar surface area (TPSA) is 85.1 Å². The number of nitrogens with one attached hydrogen (secondary N) is 1. The van der Waals surface area contributed by atoms with Crippen molar-refractivity contribution in [2.75, 3.05) is 0 Å². The van der Waals surface area contributed by atoms with Gasteiger partial charge in [-0.3, -0.25) is 14.9 Å². The normalized spacial score (nSPS) is 10.4. The first kappa shape index (κ1) is 15.7. The van der Waals surface area contributed by atoms with Crippen molar-refractivity contribution in [3.05, 3.63) is 53.9 Å². The van der Waals surface area contributed by atoms with Gasteiger partial charge in [-0.1, -0.05) is 23.2 Å². The Bertz CT molecular complexity index is 718. The van der Waals surface area contributed by atoms with E-state index in [1.54, 1.807) is 0 Å². The monoisotopic (exact) mass is 345 g/mol. The van der Waals surface area contributed by atoms with E-state index in [-0.39, 0.29) is 22.2 Å². The fraction of sp³-hybridized carbons (Fsp3) is 0.167. The molecule has 0 unspecified atom stereocenters. The number of aromatic nitrogens is 1. The number of amides is 1. The first-order valence-electron chi connectivity index (χ1n) is 5.71. The summed E-state index contributed by atoms with van der Waals surface area (Å²) in [4.78, 5) is 26.4. The predicted octanol–water partition coefficient (Wildman–Crippen LogP) is 3.60. The Kier molecular flexibility index (Phi) is 4.76. The molecule has 0 atom stereocenters. The minimum absolute atomic E-state index is 0.0406. The summed E-state index contributed by atoms with van der Waals surface area (Å²) in [7, 11) is 0. The number of thiazole rings is 1. The Morgan fingerprint density at radius 3 is 2.76 bits per heavy atom. The first-order chi connectivity index (χ1) is 9.88. The predicted molar refractivity (Wildman–Crippen MR) is 81.1 cm³/mol. The second-order valence-electron chi connectivity index (χ2n) is 4.11. The molecule has 6 nitrogen and oxygen atoms in total. The van der Waals surface area contributed by atoms with Crippen molar-refractivity contribution in [2.24, 2.45) is 0 Å². The SMILES string of the molecule is Cc1csc(CNC(=O)c2cc(Cl)c(Cl)c([N+](=O)[O-])c2)n1. The lowest BCUT2D eigenvalue weighted by molar-refractivity contribution is -0.384. The molecule has 0 aliphatic carbocycles. The number of aryl methyl sites for hydroxylation is 1. The largest absolute Gasteiger partial charge is 0.346 e. The van der Waals surface area contributed by atoms with Gasteiger partial charge in [0, 0.05) is 22.7 Å². The Hall–Kier alpha value is -1.70. The number of benzene rings is 1. The van der Waals surface area contributed by atoms with Gasteiger partial charge in [-0.05, 0) is 13.0 Å². The fourth-order valence-corrected chi connectivity index (χ4v) is 2.68. The van der Waals surface area contributed by atoms with Gasteiger partial charge in [0.25, 0.3) is 11.6 Å². The molecule has 1 heterocycles. The number of hydrogen-bond donors (Lipinski definition) is 1. The number of halogens is 2. The summed E-state index contributed by atoms with van der Waals surface area (Å²) in [6.45, 7) is 2.09. The maximum atomic E-state index is 12.0. The molecule has 1 aromatic carbocycles. The van der Waals surface area contributed by atoms with Gasteiger partial charge < -0.3 is 5.32 Å². The van der Waals surface area contributed by atoms with Crippen LogP contribution in [0.25, 0.3) is 0 Å². The quantitative estimate of drug-likeness (QED) is 0.677. The second-order valence-corrected chi connectivity index (χ2v) is 5.84. The second kappa shape index (κ2) is 6.38. The zero-order valence-corrected chi connectivity index (χ0v) is 13.1. The van der Waals surface area contributed by atoms with Crippen molar-refractivity contribution < 1.29 is 9.72 Å². The van der Waals surface area contributed by atoms with E-state index in [4.69, 9.17) is 23.2 Å². The minimum Gasteiger partial charge on any atom is -0.346 e. The molecule has 0 bridgehead atoms. The van der Waals surface area contributed by atoms with Crippen LogP contribution >= 0.6 is 34.5 Å². The van der Waals surface area contributed by atoms with Crippen LogP contribution in [-0.4, -0.2) is 15.8 Å². The Labute approximate surface area is 133 Å². The molecular formula is C12H9Cl2N3O3S. The molecule has 1 N–H and O–H groups in total. The van der Waals surface area contributed by atoms with E-state index < -0.39 is 16.5 Å². The van der Waals surface area contributed by atoms with Gasteiger partial charge in [0.1, 0.15) is 10.0 Å². The van der Waals surface area contributed by atoms with Crippen molar-refractivity contribution in [2.45, 2.75) is 13.5 Å². The lowest BCUT2D eigenvalue weighted by atomic mass is 10.2. The highest BCUT2D eigenvalue weighted by molar-refractivity contribution is 7.09. The highest BCUT2D eigenvalue weighted by atomic mass is 35.5. The van der Waals surface area contributed by atoms with Gasteiger partial charge in [-0.15, -0.1) is 11.3 Å². The van der Waals surface area contributed by atoms with Crippen LogP contribution < -0.4 is 5.32 Å². The lowest BCUT2D eigenvalue weighted by Gasteiger charge is -2.05. The molecule has 0 spiro atoms. The van der Waals surface area contributed by atoms with Crippen LogP contribution in [-0.2, 0) is 6.54 Å². The molecular weight excluding hydrogens is 337 g/mol. The molecule has 0 aliphatic heterocycles. The first-order valence-corrected chi connectivity index (χ1v) is 7.34. The van der Waals surface area contributed by atoms with E-state index >= 15 is 0 Å². The van der Waals surface area contributed by atoms with E-state index in [0.717, 1.165) is 16.8 Å². The standard InChI is InChI=1S/C12H9Cl2N3O3S/c1-6-5-21-10(16-6)4-15-12(18)7-2-8(13)11(14)9(3-7)17(19)20/h2-3,5H,4H2,1H3,(H,15,18). The Morgan fingerprint density at radius 1 is 1.48 bits per heavy atom. The van der Waals surface area contributed by atoms with Crippen LogP contribution in [0.3, 0.4) is 0 Å². The smallest absolute Gasteiger partial charge is 0.290 e. The van der Waals surface area contributed by atoms with Crippen LogP contribution in [0.1, 0.15) is 21.1 Å². The maximum absolute atomic E-state index is 12.0. The van der Waals surface area contributed by atoms with Crippen LogP contribution in [0, 0.1) is 17.0 Å². The molecule has 0 saturated heterocycles. The minimum atomic E-state index is -0.685. The fourth-order valence-electron chi connectivity index (χ4n) is 1.58. The average Bonchev–Trinajstić information content (AvgIpc) is 2.84. The van der Waals surface area contributed by atoms with E-state index in [1.165, 1.54) is 17.4 Å². The molecule has 0 saturated carbocycles. The zero-order valence-electron chi connectivity index (χ0n) is 10.7. The van der Waals surface area contributed by atoms with Gasteiger partial charge >= 0.3 is 0 Å². The maximum Gasteiger partial charge on any atom is 0.290 e. The number of hydrogen-bond acceptors (Lipinski definition) is 5. The molecule has 1 amide bonds. The summed E-state index contributed by atoms with van der Waals surface area (Å²) < 4.78 is 0. The Morgan fingerprint density at radius 2 is 2.19 bits per heavy atom. The number of nitrogens with zero attached hydrogens (tertiary/aromatic N) is 2. The summed E-state index contributed by atoms with van der Waals surface area (Å²) in [6.07, 6.45) is 0. The zero-order chi connectivity index (χ0) is 15.6. The highest BCUT2D eigenvalue weighted by Crippen LogP contribution is 2.33. The molecule has 0 radical (unpaired) electrons. The summed E-state index contributed by atoms with van der Waals surface area (Å²) >= 11 is 12.9. The van der Waals surface area contributed by atoms with Crippen molar-refractivity contribution in [3.63, 3.8) is 0 Å². The number of carbonyl (C=O) groups is 1. The van der Waals surface area contributed by atoms with Gasteiger partial charge in [0.15, 0.2) is 0 Å². The number of carbonyl (C=O) groups excluding carboxylic acids is 1. The molecule has 2 aromatic rings. The van der Waals surface area contributed by atoms with E-state index in [9.17, 15) is 14.9 Å². The van der Waals surface area contributed by atoms with E-state index in [1.807, 2.05) is 12.3 Å². The molecule has 0 fully saturated rings. The third-order valence-electron chi connectivity index (χ3n) is 2.53. The number of nitro benzene ring substituents is 1. The summed E-state index contributed by atoms with van der Waals surface area (Å²) in [5.41, 5.74) is 0.540. The van der Waals surface area contributed by atoms with Gasteiger partial charge in [0.05, 0.1) is 16.5 Å². The number of rotatable bonds is 4. The van der Waals surface area contributed by atoms with Crippen molar-refractivity contribution in [3.8, 4) is 0 Å². The van der Waals surface area contributed by atoms with E-state index in [2.05, 4.69) is 10.3 Å². The van der Waals surface area contributed by atoms with Gasteiger partial charge in [-0.2, -0.15) is 0 Å². The third-order valence-corrected chi connectivity index (χ3v) is 4.29. The molecule has 9 heteroatoms. The van der Waals surface area contributed by atoms with Crippen LogP contribution in [0.4, 0.5) is 5.69 Å². The van der Waals surface area contributed by atoms with Crippen molar-refractivity contribution >= 4 is 46.1 Å². The van der Waals surface area contributed by atoms with Crippen molar-refractivity contribution in [1.29, 1.82) is 0 Å². The van der Waals surface area contributed by atoms with Crippen LogP contribution in [0.15, 0.2) is 17.5 Å². The number of nitro groups is 1. The Balaban J connectivity index is 2.17. The van der Waals surface area contributed by atoms with Crippen LogP contribution in [0.2, 0.25) is 10.0 Å². The summed E-state index contributed by atoms with van der Waals surface area (Å²) in [5.74, 6) is -0.482. The highest BCUT2D eigenvalue weighted by Gasteiger charge is 2.20. The van der Waals surface area contributed by atoms with Crippen LogP contribution in [0.5, 0.6) is 0 Å². The molecule has 0 aliphatic rings. The molecule has 21 heavy (non-hydrogen) atoms. The van der Waals surface area contributed by atoms with E-state index in [0.29, 0.717) is 0 Å². The average molecular weight is 346 g/mol. The van der Waals surface area contributed by atoms with Gasteiger partial charge in [0.2, 0.25) is 0 Å². The summed E-state index contributed by atoms with van der Waals surface area (Å²) in [5, 5.41) is 15.9. The van der Waals surface area contributed by atoms with Gasteiger partial charge in [-0.25, -0.2) is 4.98 Å². The third kappa shape index (κ3) is 3.69.